The Balaban J connectivity index is 0.000000176. The topological polar surface area (TPSA) is 75.8 Å². The van der Waals surface area contributed by atoms with Gasteiger partial charge in [-0.05, 0) is 93.3 Å². The third-order valence-electron chi connectivity index (χ3n) is 9.19. The van der Waals surface area contributed by atoms with Crippen LogP contribution in [0.3, 0.4) is 0 Å². The number of rotatable bonds is 4. The second kappa shape index (κ2) is 9.72. The summed E-state index contributed by atoms with van der Waals surface area (Å²) in [6.45, 7) is 1.79. The van der Waals surface area contributed by atoms with E-state index in [0.717, 1.165) is 43.4 Å². The summed E-state index contributed by atoms with van der Waals surface area (Å²) in [5, 5.41) is 8.71. The fourth-order valence-corrected chi connectivity index (χ4v) is 7.38. The lowest BCUT2D eigenvalue weighted by Crippen LogP contribution is -2.59. The van der Waals surface area contributed by atoms with Gasteiger partial charge >= 0.3 is 5.97 Å². The molecule has 178 valence electrons. The number of carboxylic acid groups (broad SMARTS) is 1. The first-order valence-corrected chi connectivity index (χ1v) is 12.7. The summed E-state index contributed by atoms with van der Waals surface area (Å²) in [6.07, 6.45) is 14.0. The average Bonchev–Trinajstić information content (AvgIpc) is 2.82. The number of aliphatic carboxylic acids is 1. The molecule has 1 aliphatic heterocycles. The zero-order chi connectivity index (χ0) is 22.8. The summed E-state index contributed by atoms with van der Waals surface area (Å²) >= 11 is 0. The minimum Gasteiger partial charge on any atom is -0.497 e. The molecule has 5 heteroatoms. The fourth-order valence-electron chi connectivity index (χ4n) is 7.38. The Kier molecular flexibility index (Phi) is 7.16. The van der Waals surface area contributed by atoms with Gasteiger partial charge in [-0.2, -0.15) is 0 Å². The minimum atomic E-state index is -0.706. The van der Waals surface area contributed by atoms with Crippen LogP contribution in [-0.4, -0.2) is 49.3 Å². The van der Waals surface area contributed by atoms with Crippen LogP contribution in [0, 0.1) is 11.3 Å². The van der Waals surface area contributed by atoms with Crippen LogP contribution in [0.5, 0.6) is 5.75 Å². The van der Waals surface area contributed by atoms with Gasteiger partial charge in [-0.15, -0.1) is 0 Å². The molecule has 0 radical (unpaired) electrons. The van der Waals surface area contributed by atoms with E-state index in [1.54, 1.807) is 18.2 Å². The highest BCUT2D eigenvalue weighted by molar-refractivity contribution is 5.67. The van der Waals surface area contributed by atoms with Crippen LogP contribution >= 0.6 is 0 Å². The van der Waals surface area contributed by atoms with Gasteiger partial charge in [0.15, 0.2) is 0 Å². The van der Waals surface area contributed by atoms with Gasteiger partial charge < -0.3 is 20.5 Å². The van der Waals surface area contributed by atoms with Crippen molar-refractivity contribution in [2.24, 2.45) is 17.1 Å². The molecule has 3 aliphatic carbocycles. The van der Waals surface area contributed by atoms with Crippen LogP contribution in [-0.2, 0) is 16.6 Å². The predicted octanol–water partition coefficient (Wildman–Crippen LogP) is 4.75. The van der Waals surface area contributed by atoms with Crippen LogP contribution in [0.15, 0.2) is 18.2 Å². The first-order chi connectivity index (χ1) is 15.4. The molecular weight excluding hydrogens is 400 g/mol. The van der Waals surface area contributed by atoms with Gasteiger partial charge in [0, 0.05) is 11.5 Å². The second-order valence-corrected chi connectivity index (χ2v) is 10.9. The van der Waals surface area contributed by atoms with Gasteiger partial charge in [0.05, 0.1) is 13.5 Å². The number of piperidine rings is 1. The Hall–Kier alpha value is -1.59. The number of hydrogen-bond donors (Lipinski definition) is 2. The average molecular weight is 443 g/mol. The molecule has 1 aromatic carbocycles. The van der Waals surface area contributed by atoms with E-state index in [2.05, 4.69) is 30.1 Å². The van der Waals surface area contributed by atoms with E-state index in [-0.39, 0.29) is 11.8 Å². The number of hydrogen-bond acceptors (Lipinski definition) is 4. The van der Waals surface area contributed by atoms with Crippen molar-refractivity contribution in [2.45, 2.75) is 88.5 Å². The number of methoxy groups -OCH3 is 1. The molecule has 2 bridgehead atoms. The van der Waals surface area contributed by atoms with Gasteiger partial charge in [0.1, 0.15) is 5.75 Å². The van der Waals surface area contributed by atoms with Gasteiger partial charge in [-0.1, -0.05) is 38.2 Å². The molecule has 4 aliphatic rings. The van der Waals surface area contributed by atoms with Crippen LogP contribution in [0.4, 0.5) is 0 Å². The Morgan fingerprint density at radius 3 is 2.59 bits per heavy atom. The van der Waals surface area contributed by atoms with E-state index in [0.29, 0.717) is 12.0 Å². The van der Waals surface area contributed by atoms with Crippen LogP contribution in [0.2, 0.25) is 0 Å². The summed E-state index contributed by atoms with van der Waals surface area (Å²) in [5.41, 5.74) is 9.21. The molecule has 3 fully saturated rings. The van der Waals surface area contributed by atoms with Crippen molar-refractivity contribution in [3.8, 4) is 5.75 Å². The van der Waals surface area contributed by atoms with E-state index in [1.165, 1.54) is 51.5 Å². The number of likely N-dealkylation sites (N-methyl/N-ethyl adjacent to an activating group) is 1. The highest BCUT2D eigenvalue weighted by Gasteiger charge is 2.53. The number of nitrogens with zero attached hydrogens (tertiary/aromatic N) is 1. The monoisotopic (exact) mass is 442 g/mol. The Bertz CT molecular complexity index is 804. The van der Waals surface area contributed by atoms with Gasteiger partial charge in [0.25, 0.3) is 0 Å². The van der Waals surface area contributed by atoms with Crippen LogP contribution in [0.25, 0.3) is 0 Å². The maximum Gasteiger partial charge on any atom is 0.303 e. The molecular formula is C27H42N2O3. The Morgan fingerprint density at radius 1 is 1.16 bits per heavy atom. The summed E-state index contributed by atoms with van der Waals surface area (Å²) in [6, 6.07) is 7.60. The zero-order valence-electron chi connectivity index (χ0n) is 20.1. The zero-order valence-corrected chi connectivity index (χ0v) is 20.1. The molecule has 5 rings (SSSR count). The number of carbonyl (C=O) groups is 1. The first-order valence-electron chi connectivity index (χ1n) is 12.7. The van der Waals surface area contributed by atoms with E-state index in [9.17, 15) is 4.79 Å². The normalized spacial score (nSPS) is 30.8. The van der Waals surface area contributed by atoms with Crippen LogP contribution in [0.1, 0.15) is 81.8 Å². The van der Waals surface area contributed by atoms with Crippen molar-refractivity contribution in [1.82, 2.24) is 4.90 Å². The molecule has 3 atom stereocenters. The lowest BCUT2D eigenvalue weighted by molar-refractivity contribution is -0.140. The lowest BCUT2D eigenvalue weighted by Gasteiger charge is -2.58. The standard InChI is InChI=1S/C18H25NO.C9H17NO2/c1-19-10-9-18-8-4-3-5-15(18)17(19)11-13-6-7-14(20-2)12-16(13)18;10-7-9(6-8(11)12)4-2-1-3-5-9/h6-7,12,15,17H,3-5,8-11H2,1-2H3;1-7,10H2,(H,11,12)/t15-,17+,18+;/m1./s1. The molecule has 0 unspecified atom stereocenters. The summed E-state index contributed by atoms with van der Waals surface area (Å²) in [5.74, 6) is 1.21. The quantitative estimate of drug-likeness (QED) is 0.703. The maximum atomic E-state index is 10.6. The third-order valence-corrected chi connectivity index (χ3v) is 9.19. The van der Waals surface area contributed by atoms with Gasteiger partial charge in [-0.3, -0.25) is 4.79 Å². The minimum absolute atomic E-state index is 0.0793. The summed E-state index contributed by atoms with van der Waals surface area (Å²) in [4.78, 5) is 13.2. The first kappa shape index (κ1) is 23.6. The highest BCUT2D eigenvalue weighted by Crippen LogP contribution is 2.55. The van der Waals surface area contributed by atoms with Crippen molar-refractivity contribution < 1.29 is 14.6 Å². The van der Waals surface area contributed by atoms with Crippen molar-refractivity contribution >= 4 is 5.97 Å². The molecule has 2 saturated carbocycles. The summed E-state index contributed by atoms with van der Waals surface area (Å²) in [7, 11) is 4.12. The highest BCUT2D eigenvalue weighted by atomic mass is 16.5. The van der Waals surface area contributed by atoms with Crippen molar-refractivity contribution in [3.63, 3.8) is 0 Å². The molecule has 0 spiro atoms. The Labute approximate surface area is 193 Å². The van der Waals surface area contributed by atoms with Crippen molar-refractivity contribution in [3.05, 3.63) is 29.3 Å². The number of benzene rings is 1. The van der Waals surface area contributed by atoms with Crippen LogP contribution < -0.4 is 10.5 Å². The molecule has 3 N–H and O–H groups in total. The largest absolute Gasteiger partial charge is 0.497 e. The third kappa shape index (κ3) is 4.43. The van der Waals surface area contributed by atoms with E-state index in [1.807, 2.05) is 0 Å². The fraction of sp³-hybridized carbons (Fsp3) is 0.741. The van der Waals surface area contributed by atoms with Gasteiger partial charge in [-0.25, -0.2) is 0 Å². The van der Waals surface area contributed by atoms with E-state index < -0.39 is 5.97 Å². The Morgan fingerprint density at radius 2 is 1.91 bits per heavy atom. The van der Waals surface area contributed by atoms with Gasteiger partial charge in [0.2, 0.25) is 0 Å². The number of likely N-dealkylation sites (tertiary alicyclic amines) is 1. The SMILES string of the molecule is COc1ccc2c(c1)[C@]13CCCC[C@@H]1[C@H](C2)N(C)CC3.NCC1(CC(=O)O)CCCCC1. The maximum absolute atomic E-state index is 10.6. The summed E-state index contributed by atoms with van der Waals surface area (Å²) < 4.78 is 5.51. The number of ether oxygens (including phenoxy) is 1. The van der Waals surface area contributed by atoms with E-state index in [4.69, 9.17) is 15.6 Å². The number of fused-ring (bicyclic) bond motifs is 1. The smallest absolute Gasteiger partial charge is 0.303 e. The second-order valence-electron chi connectivity index (χ2n) is 10.9. The van der Waals surface area contributed by atoms with Crippen molar-refractivity contribution in [2.75, 3.05) is 27.2 Å². The number of carboxylic acids is 1. The molecule has 1 aromatic rings. The molecule has 1 saturated heterocycles. The van der Waals surface area contributed by atoms with E-state index >= 15 is 0 Å². The predicted molar refractivity (Wildman–Crippen MR) is 128 cm³/mol. The molecule has 0 aromatic heterocycles. The molecule has 32 heavy (non-hydrogen) atoms. The lowest BCUT2D eigenvalue weighted by atomic mass is 9.52. The molecule has 5 nitrogen and oxygen atoms in total. The van der Waals surface area contributed by atoms with Crippen molar-refractivity contribution in [1.29, 1.82) is 0 Å². The number of nitrogens with two attached hydrogens (primary N) is 1. The molecule has 0 amide bonds. The molecule has 1 heterocycles.